The molecule has 21 heavy (non-hydrogen) atoms. The fourth-order valence-electron chi connectivity index (χ4n) is 2.81. The van der Waals surface area contributed by atoms with Crippen LogP contribution in [0.2, 0.25) is 0 Å². The van der Waals surface area contributed by atoms with Crippen LogP contribution in [0.15, 0.2) is 30.3 Å². The number of hydrogen-bond acceptors (Lipinski definition) is 2. The van der Waals surface area contributed by atoms with Gasteiger partial charge in [-0.3, -0.25) is 0 Å². The van der Waals surface area contributed by atoms with Gasteiger partial charge < -0.3 is 14.6 Å². The standard InChI is InChI=1S/C18H26N2O/c1-6-20-13(2)11-17(15(20)4)12-19-14(3)16-7-9-18(21-5)10-8-16/h7-11,14,19H,6,12H2,1-5H3/t14-/m0/s1. The molecule has 0 aliphatic heterocycles. The lowest BCUT2D eigenvalue weighted by atomic mass is 10.1. The third kappa shape index (κ3) is 3.48. The van der Waals surface area contributed by atoms with Crippen LogP contribution in [0.25, 0.3) is 0 Å². The molecule has 114 valence electrons. The summed E-state index contributed by atoms with van der Waals surface area (Å²) < 4.78 is 7.56. The Hall–Kier alpha value is -1.74. The van der Waals surface area contributed by atoms with E-state index in [1.54, 1.807) is 7.11 Å². The van der Waals surface area contributed by atoms with Crippen molar-refractivity contribution >= 4 is 0 Å². The Balaban J connectivity index is 2.01. The van der Waals surface area contributed by atoms with Gasteiger partial charge in [-0.25, -0.2) is 0 Å². The van der Waals surface area contributed by atoms with E-state index in [0.717, 1.165) is 18.8 Å². The molecule has 1 atom stereocenters. The molecule has 0 saturated carbocycles. The van der Waals surface area contributed by atoms with Gasteiger partial charge in [-0.05, 0) is 57.0 Å². The predicted molar refractivity (Wildman–Crippen MR) is 87.8 cm³/mol. The molecule has 0 aliphatic rings. The lowest BCUT2D eigenvalue weighted by molar-refractivity contribution is 0.414. The van der Waals surface area contributed by atoms with Crippen molar-refractivity contribution in [3.63, 3.8) is 0 Å². The van der Waals surface area contributed by atoms with E-state index in [4.69, 9.17) is 4.74 Å². The number of aromatic nitrogens is 1. The van der Waals surface area contributed by atoms with Gasteiger partial charge in [0.15, 0.2) is 0 Å². The van der Waals surface area contributed by atoms with Gasteiger partial charge >= 0.3 is 0 Å². The minimum absolute atomic E-state index is 0.320. The largest absolute Gasteiger partial charge is 0.497 e. The summed E-state index contributed by atoms with van der Waals surface area (Å²) in [7, 11) is 1.69. The molecule has 0 radical (unpaired) electrons. The van der Waals surface area contributed by atoms with E-state index in [2.05, 4.69) is 55.8 Å². The van der Waals surface area contributed by atoms with Gasteiger partial charge in [0.1, 0.15) is 5.75 Å². The zero-order chi connectivity index (χ0) is 15.4. The molecular formula is C18H26N2O. The third-order valence-electron chi connectivity index (χ3n) is 4.21. The van der Waals surface area contributed by atoms with E-state index in [1.807, 2.05) is 12.1 Å². The Labute approximate surface area is 127 Å². The SMILES string of the molecule is CCn1c(C)cc(CN[C@@H](C)c2ccc(OC)cc2)c1C. The molecule has 0 spiro atoms. The fraction of sp³-hybridized carbons (Fsp3) is 0.444. The van der Waals surface area contributed by atoms with Crippen LogP contribution in [0, 0.1) is 13.8 Å². The van der Waals surface area contributed by atoms with Crippen molar-refractivity contribution in [2.24, 2.45) is 0 Å². The zero-order valence-electron chi connectivity index (χ0n) is 13.7. The average molecular weight is 286 g/mol. The van der Waals surface area contributed by atoms with Gasteiger partial charge in [-0.1, -0.05) is 12.1 Å². The van der Waals surface area contributed by atoms with Crippen LogP contribution in [0.1, 0.15) is 42.4 Å². The third-order valence-corrected chi connectivity index (χ3v) is 4.21. The van der Waals surface area contributed by atoms with E-state index in [0.29, 0.717) is 6.04 Å². The maximum Gasteiger partial charge on any atom is 0.118 e. The summed E-state index contributed by atoms with van der Waals surface area (Å²) in [5.41, 5.74) is 5.36. The molecular weight excluding hydrogens is 260 g/mol. The zero-order valence-corrected chi connectivity index (χ0v) is 13.7. The second-order valence-corrected chi connectivity index (χ2v) is 5.52. The number of methoxy groups -OCH3 is 1. The molecule has 1 N–H and O–H groups in total. The first-order valence-electron chi connectivity index (χ1n) is 7.59. The van der Waals surface area contributed by atoms with Crippen molar-refractivity contribution in [1.29, 1.82) is 0 Å². The molecule has 2 aromatic rings. The summed E-state index contributed by atoms with van der Waals surface area (Å²) in [6, 6.07) is 10.9. The molecule has 0 amide bonds. The topological polar surface area (TPSA) is 26.2 Å². The summed E-state index contributed by atoms with van der Waals surface area (Å²) in [5, 5.41) is 3.60. The van der Waals surface area contributed by atoms with Crippen LogP contribution >= 0.6 is 0 Å². The Morgan fingerprint density at radius 1 is 1.19 bits per heavy atom. The van der Waals surface area contributed by atoms with Crippen LogP contribution in [-0.4, -0.2) is 11.7 Å². The number of hydrogen-bond donors (Lipinski definition) is 1. The van der Waals surface area contributed by atoms with Gasteiger partial charge in [-0.15, -0.1) is 0 Å². The number of benzene rings is 1. The Morgan fingerprint density at radius 2 is 1.86 bits per heavy atom. The van der Waals surface area contributed by atoms with E-state index in [-0.39, 0.29) is 0 Å². The second kappa shape index (κ2) is 6.81. The summed E-state index contributed by atoms with van der Waals surface area (Å²) in [5.74, 6) is 0.900. The number of rotatable bonds is 6. The summed E-state index contributed by atoms with van der Waals surface area (Å²) in [6.45, 7) is 10.7. The van der Waals surface area contributed by atoms with Crippen molar-refractivity contribution < 1.29 is 4.74 Å². The number of nitrogens with zero attached hydrogens (tertiary/aromatic N) is 1. The molecule has 0 saturated heterocycles. The summed E-state index contributed by atoms with van der Waals surface area (Å²) in [6.07, 6.45) is 0. The van der Waals surface area contributed by atoms with Crippen molar-refractivity contribution in [2.45, 2.75) is 46.8 Å². The van der Waals surface area contributed by atoms with Gasteiger partial charge in [0.05, 0.1) is 7.11 Å². The highest BCUT2D eigenvalue weighted by molar-refractivity contribution is 5.30. The van der Waals surface area contributed by atoms with Gasteiger partial charge in [0, 0.05) is 30.5 Å². The Morgan fingerprint density at radius 3 is 2.38 bits per heavy atom. The molecule has 1 aromatic carbocycles. The minimum Gasteiger partial charge on any atom is -0.497 e. The lowest BCUT2D eigenvalue weighted by Gasteiger charge is -2.15. The second-order valence-electron chi connectivity index (χ2n) is 5.52. The monoisotopic (exact) mass is 286 g/mol. The average Bonchev–Trinajstić information content (AvgIpc) is 2.78. The fourth-order valence-corrected chi connectivity index (χ4v) is 2.81. The molecule has 0 aliphatic carbocycles. The molecule has 0 unspecified atom stereocenters. The first kappa shape index (κ1) is 15.6. The Bertz CT molecular complexity index is 584. The smallest absolute Gasteiger partial charge is 0.118 e. The molecule has 1 heterocycles. The molecule has 3 nitrogen and oxygen atoms in total. The lowest BCUT2D eigenvalue weighted by Crippen LogP contribution is -2.18. The Kier molecular flexibility index (Phi) is 5.07. The van der Waals surface area contributed by atoms with E-state index in [9.17, 15) is 0 Å². The highest BCUT2D eigenvalue weighted by Gasteiger charge is 2.10. The van der Waals surface area contributed by atoms with E-state index >= 15 is 0 Å². The van der Waals surface area contributed by atoms with Crippen molar-refractivity contribution in [3.8, 4) is 5.75 Å². The normalized spacial score (nSPS) is 12.4. The molecule has 1 aromatic heterocycles. The molecule has 0 fully saturated rings. The summed E-state index contributed by atoms with van der Waals surface area (Å²) >= 11 is 0. The highest BCUT2D eigenvalue weighted by Crippen LogP contribution is 2.19. The van der Waals surface area contributed by atoms with Crippen LogP contribution in [0.3, 0.4) is 0 Å². The maximum absolute atomic E-state index is 5.20. The first-order chi connectivity index (χ1) is 10.1. The first-order valence-corrected chi connectivity index (χ1v) is 7.59. The number of ether oxygens (including phenoxy) is 1. The molecule has 2 rings (SSSR count). The molecule has 3 heteroatoms. The van der Waals surface area contributed by atoms with Crippen molar-refractivity contribution in [1.82, 2.24) is 9.88 Å². The van der Waals surface area contributed by atoms with Crippen molar-refractivity contribution in [2.75, 3.05) is 7.11 Å². The quantitative estimate of drug-likeness (QED) is 0.869. The maximum atomic E-state index is 5.20. The van der Waals surface area contributed by atoms with E-state index < -0.39 is 0 Å². The summed E-state index contributed by atoms with van der Waals surface area (Å²) in [4.78, 5) is 0. The molecule has 0 bridgehead atoms. The number of aryl methyl sites for hydroxylation is 1. The predicted octanol–water partition coefficient (Wildman–Crippen LogP) is 3.98. The van der Waals surface area contributed by atoms with Crippen molar-refractivity contribution in [3.05, 3.63) is 52.8 Å². The van der Waals surface area contributed by atoms with Crippen LogP contribution < -0.4 is 10.1 Å². The van der Waals surface area contributed by atoms with Gasteiger partial charge in [-0.2, -0.15) is 0 Å². The minimum atomic E-state index is 0.320. The highest BCUT2D eigenvalue weighted by atomic mass is 16.5. The van der Waals surface area contributed by atoms with Gasteiger partial charge in [0.2, 0.25) is 0 Å². The van der Waals surface area contributed by atoms with E-state index in [1.165, 1.54) is 22.5 Å². The number of nitrogens with one attached hydrogen (secondary N) is 1. The van der Waals surface area contributed by atoms with Crippen LogP contribution in [0.4, 0.5) is 0 Å². The van der Waals surface area contributed by atoms with Crippen LogP contribution in [-0.2, 0) is 13.1 Å². The van der Waals surface area contributed by atoms with Crippen LogP contribution in [0.5, 0.6) is 5.75 Å². The van der Waals surface area contributed by atoms with Gasteiger partial charge in [0.25, 0.3) is 0 Å².